The Labute approximate surface area is 126 Å². The van der Waals surface area contributed by atoms with Crippen LogP contribution in [0.25, 0.3) is 0 Å². The molecule has 0 fully saturated rings. The molecular formula is C16H15BrN2O. The SMILES string of the molecule is N=C(N)c1ccc(Oc2ccc3c(c2)CCC3)cc1Br. The Bertz CT molecular complexity index is 682. The zero-order chi connectivity index (χ0) is 14.1. The second-order valence-electron chi connectivity index (χ2n) is 4.94. The van der Waals surface area contributed by atoms with Gasteiger partial charge in [-0.15, -0.1) is 0 Å². The maximum Gasteiger partial charge on any atom is 0.128 e. The van der Waals surface area contributed by atoms with Gasteiger partial charge in [0.1, 0.15) is 17.3 Å². The van der Waals surface area contributed by atoms with Crippen LogP contribution in [-0.4, -0.2) is 5.84 Å². The quantitative estimate of drug-likeness (QED) is 0.659. The maximum absolute atomic E-state index is 7.46. The average Bonchev–Trinajstić information content (AvgIpc) is 2.85. The molecule has 0 bridgehead atoms. The molecule has 0 aromatic heterocycles. The third-order valence-electron chi connectivity index (χ3n) is 3.54. The minimum atomic E-state index is 0.0426. The number of hydrogen-bond donors (Lipinski definition) is 2. The third kappa shape index (κ3) is 2.56. The standard InChI is InChI=1S/C16H15BrN2O/c17-15-9-13(6-7-14(15)16(18)19)20-12-5-4-10-2-1-3-11(10)8-12/h4-9H,1-3H2,(H3,18,19). The lowest BCUT2D eigenvalue weighted by molar-refractivity contribution is 0.481. The molecular weight excluding hydrogens is 316 g/mol. The van der Waals surface area contributed by atoms with Gasteiger partial charge in [-0.3, -0.25) is 5.41 Å². The fraction of sp³-hybridized carbons (Fsp3) is 0.188. The summed E-state index contributed by atoms with van der Waals surface area (Å²) in [6.45, 7) is 0. The van der Waals surface area contributed by atoms with Crippen molar-refractivity contribution in [3.8, 4) is 11.5 Å². The summed E-state index contributed by atoms with van der Waals surface area (Å²) < 4.78 is 6.65. The Morgan fingerprint density at radius 3 is 2.50 bits per heavy atom. The lowest BCUT2D eigenvalue weighted by atomic mass is 10.1. The summed E-state index contributed by atoms with van der Waals surface area (Å²) in [7, 11) is 0. The van der Waals surface area contributed by atoms with Gasteiger partial charge in [-0.1, -0.05) is 6.07 Å². The average molecular weight is 331 g/mol. The summed E-state index contributed by atoms with van der Waals surface area (Å²) in [5, 5.41) is 7.46. The topological polar surface area (TPSA) is 59.1 Å². The van der Waals surface area contributed by atoms with E-state index in [2.05, 4.69) is 28.1 Å². The molecule has 1 aliphatic carbocycles. The van der Waals surface area contributed by atoms with Crippen molar-refractivity contribution in [3.63, 3.8) is 0 Å². The highest BCUT2D eigenvalue weighted by Gasteiger charge is 2.12. The first kappa shape index (κ1) is 13.2. The van der Waals surface area contributed by atoms with E-state index in [1.54, 1.807) is 6.07 Å². The number of amidine groups is 1. The summed E-state index contributed by atoms with van der Waals surface area (Å²) in [6, 6.07) is 11.7. The molecule has 4 heteroatoms. The number of ether oxygens (including phenoxy) is 1. The highest BCUT2D eigenvalue weighted by molar-refractivity contribution is 9.10. The van der Waals surface area contributed by atoms with Gasteiger partial charge < -0.3 is 10.5 Å². The molecule has 3 rings (SSSR count). The van der Waals surface area contributed by atoms with Gasteiger partial charge in [-0.2, -0.15) is 0 Å². The molecule has 0 saturated heterocycles. The van der Waals surface area contributed by atoms with Crippen molar-refractivity contribution >= 4 is 21.8 Å². The second kappa shape index (κ2) is 5.29. The Hall–Kier alpha value is -1.81. The molecule has 0 aliphatic heterocycles. The number of nitrogens with two attached hydrogens (primary N) is 1. The fourth-order valence-corrected chi connectivity index (χ4v) is 3.10. The summed E-state index contributed by atoms with van der Waals surface area (Å²) in [5.74, 6) is 1.63. The first-order valence-electron chi connectivity index (χ1n) is 6.57. The van der Waals surface area contributed by atoms with E-state index >= 15 is 0 Å². The molecule has 3 N–H and O–H groups in total. The lowest BCUT2D eigenvalue weighted by Crippen LogP contribution is -2.11. The van der Waals surface area contributed by atoms with Crippen LogP contribution >= 0.6 is 15.9 Å². The van der Waals surface area contributed by atoms with Crippen LogP contribution in [0.15, 0.2) is 40.9 Å². The first-order chi connectivity index (χ1) is 9.63. The number of hydrogen-bond acceptors (Lipinski definition) is 2. The molecule has 2 aromatic rings. The molecule has 102 valence electrons. The Morgan fingerprint density at radius 2 is 1.75 bits per heavy atom. The van der Waals surface area contributed by atoms with Crippen LogP contribution in [-0.2, 0) is 12.8 Å². The van der Waals surface area contributed by atoms with Gasteiger partial charge in [-0.05, 0) is 76.7 Å². The Balaban J connectivity index is 1.84. The van der Waals surface area contributed by atoms with E-state index in [0.717, 1.165) is 22.4 Å². The summed E-state index contributed by atoms with van der Waals surface area (Å²) >= 11 is 3.41. The van der Waals surface area contributed by atoms with E-state index in [0.29, 0.717) is 5.56 Å². The van der Waals surface area contributed by atoms with Crippen molar-refractivity contribution in [2.75, 3.05) is 0 Å². The van der Waals surface area contributed by atoms with Gasteiger partial charge in [0.2, 0.25) is 0 Å². The largest absolute Gasteiger partial charge is 0.457 e. The monoisotopic (exact) mass is 330 g/mol. The number of halogens is 1. The van der Waals surface area contributed by atoms with E-state index in [4.69, 9.17) is 15.9 Å². The van der Waals surface area contributed by atoms with Crippen molar-refractivity contribution in [2.45, 2.75) is 19.3 Å². The number of fused-ring (bicyclic) bond motifs is 1. The van der Waals surface area contributed by atoms with Crippen LogP contribution in [0.5, 0.6) is 11.5 Å². The molecule has 0 radical (unpaired) electrons. The highest BCUT2D eigenvalue weighted by Crippen LogP contribution is 2.30. The van der Waals surface area contributed by atoms with Crippen LogP contribution in [0.1, 0.15) is 23.1 Å². The molecule has 20 heavy (non-hydrogen) atoms. The van der Waals surface area contributed by atoms with Gasteiger partial charge >= 0.3 is 0 Å². The van der Waals surface area contributed by atoms with Crippen molar-refractivity contribution in [1.82, 2.24) is 0 Å². The van der Waals surface area contributed by atoms with Crippen LogP contribution in [0, 0.1) is 5.41 Å². The van der Waals surface area contributed by atoms with Crippen molar-refractivity contribution in [2.24, 2.45) is 5.73 Å². The van der Waals surface area contributed by atoms with E-state index in [-0.39, 0.29) is 5.84 Å². The Kier molecular flexibility index (Phi) is 3.49. The third-order valence-corrected chi connectivity index (χ3v) is 4.19. The van der Waals surface area contributed by atoms with Crippen LogP contribution in [0.2, 0.25) is 0 Å². The molecule has 0 unspecified atom stereocenters. The van der Waals surface area contributed by atoms with E-state index in [9.17, 15) is 0 Å². The predicted octanol–water partition coefficient (Wildman–Crippen LogP) is 4.01. The number of benzene rings is 2. The lowest BCUT2D eigenvalue weighted by Gasteiger charge is -2.09. The van der Waals surface area contributed by atoms with E-state index < -0.39 is 0 Å². The molecule has 2 aromatic carbocycles. The normalized spacial score (nSPS) is 13.1. The molecule has 0 spiro atoms. The Morgan fingerprint density at radius 1 is 1.05 bits per heavy atom. The van der Waals surface area contributed by atoms with Gasteiger partial charge in [0, 0.05) is 10.0 Å². The molecule has 3 nitrogen and oxygen atoms in total. The molecule has 0 heterocycles. The van der Waals surface area contributed by atoms with Crippen molar-refractivity contribution in [1.29, 1.82) is 5.41 Å². The minimum Gasteiger partial charge on any atom is -0.457 e. The fourth-order valence-electron chi connectivity index (χ4n) is 2.53. The van der Waals surface area contributed by atoms with Crippen molar-refractivity contribution < 1.29 is 4.74 Å². The smallest absolute Gasteiger partial charge is 0.128 e. The van der Waals surface area contributed by atoms with Gasteiger partial charge in [0.15, 0.2) is 0 Å². The van der Waals surface area contributed by atoms with Gasteiger partial charge in [0.25, 0.3) is 0 Å². The predicted molar refractivity (Wildman–Crippen MR) is 83.7 cm³/mol. The molecule has 0 amide bonds. The van der Waals surface area contributed by atoms with Gasteiger partial charge in [-0.25, -0.2) is 0 Å². The first-order valence-corrected chi connectivity index (χ1v) is 7.36. The summed E-state index contributed by atoms with van der Waals surface area (Å²) in [5.41, 5.74) is 8.99. The van der Waals surface area contributed by atoms with Crippen LogP contribution in [0.3, 0.4) is 0 Å². The van der Waals surface area contributed by atoms with Crippen molar-refractivity contribution in [3.05, 3.63) is 57.6 Å². The van der Waals surface area contributed by atoms with Gasteiger partial charge in [0.05, 0.1) is 0 Å². The van der Waals surface area contributed by atoms with Crippen LogP contribution in [0.4, 0.5) is 0 Å². The molecule has 0 atom stereocenters. The van der Waals surface area contributed by atoms with Crippen LogP contribution < -0.4 is 10.5 Å². The molecule has 1 aliphatic rings. The number of rotatable bonds is 3. The zero-order valence-electron chi connectivity index (χ0n) is 10.9. The van der Waals surface area contributed by atoms with E-state index in [1.807, 2.05) is 18.2 Å². The van der Waals surface area contributed by atoms with E-state index in [1.165, 1.54) is 24.0 Å². The summed E-state index contributed by atoms with van der Waals surface area (Å²) in [6.07, 6.45) is 3.55. The minimum absolute atomic E-state index is 0.0426. The molecule has 0 saturated carbocycles. The maximum atomic E-state index is 7.46. The summed E-state index contributed by atoms with van der Waals surface area (Å²) in [4.78, 5) is 0. The zero-order valence-corrected chi connectivity index (χ0v) is 12.5. The number of nitrogen functional groups attached to an aromatic ring is 1. The second-order valence-corrected chi connectivity index (χ2v) is 5.80. The number of aryl methyl sites for hydroxylation is 2. The highest BCUT2D eigenvalue weighted by atomic mass is 79.9. The number of nitrogens with one attached hydrogen (secondary N) is 1.